The van der Waals surface area contributed by atoms with Crippen LogP contribution in [-0.4, -0.2) is 0 Å². The summed E-state index contributed by atoms with van der Waals surface area (Å²) in [5.41, 5.74) is 2.67. The van der Waals surface area contributed by atoms with Crippen LogP contribution in [0.25, 0.3) is 0 Å². The quantitative estimate of drug-likeness (QED) is 0.539. The third kappa shape index (κ3) is 2.28. The Kier molecular flexibility index (Phi) is 3.95. The summed E-state index contributed by atoms with van der Waals surface area (Å²) >= 11 is 0. The molecular weight excluding hydrogens is 216 g/mol. The highest BCUT2D eigenvalue weighted by atomic mass is 14.6. The molecule has 2 saturated carbocycles. The standard InChI is InChI=1S/C18H32/c1-6-7-9-15-14(2)10-11-16-17(3,4)12-8-13-18(15,16)5/h15-16H,2,6-13H2,1,3-5H3/t15-,16-,18+/m0/s1. The molecule has 2 rings (SSSR count). The van der Waals surface area contributed by atoms with E-state index in [2.05, 4.69) is 34.3 Å². The van der Waals surface area contributed by atoms with Crippen molar-refractivity contribution in [1.29, 1.82) is 0 Å². The fraction of sp³-hybridized carbons (Fsp3) is 0.889. The SMILES string of the molecule is C=C1CC[C@H]2C(C)(C)CCC[C@]2(C)[C@H]1CCCC. The predicted molar refractivity (Wildman–Crippen MR) is 80.6 cm³/mol. The van der Waals surface area contributed by atoms with E-state index >= 15 is 0 Å². The first-order chi connectivity index (χ1) is 8.42. The van der Waals surface area contributed by atoms with Gasteiger partial charge in [-0.1, -0.05) is 59.1 Å². The van der Waals surface area contributed by atoms with Crippen LogP contribution in [0.15, 0.2) is 12.2 Å². The van der Waals surface area contributed by atoms with Gasteiger partial charge in [-0.2, -0.15) is 0 Å². The molecule has 2 aliphatic rings. The van der Waals surface area contributed by atoms with E-state index in [0.717, 1.165) is 11.8 Å². The largest absolute Gasteiger partial charge is 0.0996 e. The number of hydrogen-bond acceptors (Lipinski definition) is 0. The molecule has 0 unspecified atom stereocenters. The minimum Gasteiger partial charge on any atom is -0.0996 e. The van der Waals surface area contributed by atoms with E-state index in [1.165, 1.54) is 51.4 Å². The van der Waals surface area contributed by atoms with E-state index in [0.29, 0.717) is 10.8 Å². The molecule has 0 saturated heterocycles. The van der Waals surface area contributed by atoms with Gasteiger partial charge in [-0.05, 0) is 54.8 Å². The first kappa shape index (κ1) is 14.2. The summed E-state index contributed by atoms with van der Waals surface area (Å²) in [6, 6.07) is 0. The molecule has 0 heterocycles. The molecule has 0 amide bonds. The van der Waals surface area contributed by atoms with Gasteiger partial charge in [-0.25, -0.2) is 0 Å². The minimum atomic E-state index is 0.548. The van der Waals surface area contributed by atoms with E-state index in [1.54, 1.807) is 5.57 Å². The van der Waals surface area contributed by atoms with E-state index in [-0.39, 0.29) is 0 Å². The van der Waals surface area contributed by atoms with Crippen LogP contribution in [0.4, 0.5) is 0 Å². The van der Waals surface area contributed by atoms with Gasteiger partial charge < -0.3 is 0 Å². The van der Waals surface area contributed by atoms with Crippen LogP contribution in [0.5, 0.6) is 0 Å². The number of rotatable bonds is 3. The van der Waals surface area contributed by atoms with Crippen molar-refractivity contribution >= 4 is 0 Å². The number of hydrogen-bond donors (Lipinski definition) is 0. The van der Waals surface area contributed by atoms with Crippen molar-refractivity contribution in [3.63, 3.8) is 0 Å². The molecule has 18 heavy (non-hydrogen) atoms. The molecule has 0 aromatic carbocycles. The molecule has 0 aliphatic heterocycles. The topological polar surface area (TPSA) is 0 Å². The average molecular weight is 248 g/mol. The second-order valence-corrected chi connectivity index (χ2v) is 7.79. The van der Waals surface area contributed by atoms with Crippen LogP contribution in [0.1, 0.15) is 79.1 Å². The molecule has 0 aromatic rings. The summed E-state index contributed by atoms with van der Waals surface area (Å²) in [5, 5.41) is 0. The van der Waals surface area contributed by atoms with Gasteiger partial charge in [0.05, 0.1) is 0 Å². The van der Waals surface area contributed by atoms with E-state index in [9.17, 15) is 0 Å². The molecule has 0 heteroatoms. The summed E-state index contributed by atoms with van der Waals surface area (Å²) in [7, 11) is 0. The third-order valence-electron chi connectivity index (χ3n) is 6.17. The lowest BCUT2D eigenvalue weighted by atomic mass is 9.47. The van der Waals surface area contributed by atoms with E-state index in [1.807, 2.05) is 0 Å². The van der Waals surface area contributed by atoms with Crippen molar-refractivity contribution in [2.75, 3.05) is 0 Å². The average Bonchev–Trinajstić information content (AvgIpc) is 2.27. The van der Waals surface area contributed by atoms with Gasteiger partial charge in [0.1, 0.15) is 0 Å². The van der Waals surface area contributed by atoms with Gasteiger partial charge in [0.2, 0.25) is 0 Å². The number of unbranched alkanes of at least 4 members (excludes halogenated alkanes) is 1. The second kappa shape index (κ2) is 5.02. The molecule has 0 aromatic heterocycles. The third-order valence-corrected chi connectivity index (χ3v) is 6.17. The van der Waals surface area contributed by atoms with Crippen LogP contribution in [0.3, 0.4) is 0 Å². The Hall–Kier alpha value is -0.260. The highest BCUT2D eigenvalue weighted by molar-refractivity contribution is 5.15. The Balaban J connectivity index is 2.25. The molecule has 0 bridgehead atoms. The van der Waals surface area contributed by atoms with Gasteiger partial charge in [0.25, 0.3) is 0 Å². The summed E-state index contributed by atoms with van der Waals surface area (Å²) in [6.07, 6.45) is 11.1. The molecule has 0 spiro atoms. The molecule has 2 aliphatic carbocycles. The lowest BCUT2D eigenvalue weighted by Gasteiger charge is -2.58. The predicted octanol–water partition coefficient (Wildman–Crippen LogP) is 5.98. The molecule has 0 N–H and O–H groups in total. The van der Waals surface area contributed by atoms with Crippen molar-refractivity contribution in [2.24, 2.45) is 22.7 Å². The fourth-order valence-corrected chi connectivity index (χ4v) is 5.22. The zero-order chi connectivity index (χ0) is 13.4. The lowest BCUT2D eigenvalue weighted by Crippen LogP contribution is -2.49. The zero-order valence-corrected chi connectivity index (χ0v) is 13.0. The molecule has 0 radical (unpaired) electrons. The smallest absolute Gasteiger partial charge is 0.0149 e. The summed E-state index contributed by atoms with van der Waals surface area (Å²) < 4.78 is 0. The monoisotopic (exact) mass is 248 g/mol. The van der Waals surface area contributed by atoms with Crippen molar-refractivity contribution in [3.05, 3.63) is 12.2 Å². The molecule has 0 nitrogen and oxygen atoms in total. The Labute approximate surface area is 114 Å². The second-order valence-electron chi connectivity index (χ2n) is 7.79. The Morgan fingerprint density at radius 2 is 1.94 bits per heavy atom. The summed E-state index contributed by atoms with van der Waals surface area (Å²) in [4.78, 5) is 0. The van der Waals surface area contributed by atoms with E-state index < -0.39 is 0 Å². The highest BCUT2D eigenvalue weighted by Gasteiger charge is 2.52. The summed E-state index contributed by atoms with van der Waals surface area (Å²) in [6.45, 7) is 14.4. The van der Waals surface area contributed by atoms with Crippen LogP contribution < -0.4 is 0 Å². The van der Waals surface area contributed by atoms with Crippen molar-refractivity contribution in [1.82, 2.24) is 0 Å². The fourth-order valence-electron chi connectivity index (χ4n) is 5.22. The van der Waals surface area contributed by atoms with Gasteiger partial charge in [-0.15, -0.1) is 0 Å². The minimum absolute atomic E-state index is 0.548. The Bertz CT molecular complexity index is 312. The van der Waals surface area contributed by atoms with Crippen molar-refractivity contribution in [3.8, 4) is 0 Å². The molecule has 2 fully saturated rings. The van der Waals surface area contributed by atoms with Crippen molar-refractivity contribution in [2.45, 2.75) is 79.1 Å². The summed E-state index contributed by atoms with van der Waals surface area (Å²) in [5.74, 6) is 1.72. The number of allylic oxidation sites excluding steroid dienone is 1. The van der Waals surface area contributed by atoms with Gasteiger partial charge >= 0.3 is 0 Å². The maximum atomic E-state index is 4.43. The van der Waals surface area contributed by atoms with Gasteiger partial charge in [0.15, 0.2) is 0 Å². The van der Waals surface area contributed by atoms with Crippen molar-refractivity contribution < 1.29 is 0 Å². The molecule has 3 atom stereocenters. The Morgan fingerprint density at radius 1 is 1.22 bits per heavy atom. The maximum absolute atomic E-state index is 4.43. The van der Waals surface area contributed by atoms with Crippen LogP contribution in [-0.2, 0) is 0 Å². The van der Waals surface area contributed by atoms with Crippen LogP contribution in [0, 0.1) is 22.7 Å². The molecule has 104 valence electrons. The lowest BCUT2D eigenvalue weighted by molar-refractivity contribution is -0.0544. The number of fused-ring (bicyclic) bond motifs is 1. The first-order valence-corrected chi connectivity index (χ1v) is 8.09. The van der Waals surface area contributed by atoms with Crippen LogP contribution in [0.2, 0.25) is 0 Å². The highest BCUT2D eigenvalue weighted by Crippen LogP contribution is 2.61. The normalized spacial score (nSPS) is 39.4. The van der Waals surface area contributed by atoms with Crippen LogP contribution >= 0.6 is 0 Å². The van der Waals surface area contributed by atoms with E-state index in [4.69, 9.17) is 0 Å². The first-order valence-electron chi connectivity index (χ1n) is 8.09. The Morgan fingerprint density at radius 3 is 2.61 bits per heavy atom. The van der Waals surface area contributed by atoms with Gasteiger partial charge in [0, 0.05) is 0 Å². The van der Waals surface area contributed by atoms with Gasteiger partial charge in [-0.3, -0.25) is 0 Å². The molecular formula is C18H32. The maximum Gasteiger partial charge on any atom is -0.0149 e. The zero-order valence-electron chi connectivity index (χ0n) is 13.0.